The summed E-state index contributed by atoms with van der Waals surface area (Å²) in [7, 11) is 1.46. The van der Waals surface area contributed by atoms with Gasteiger partial charge in [0.2, 0.25) is 5.16 Å². The van der Waals surface area contributed by atoms with Crippen LogP contribution < -0.4 is 4.74 Å². The molecule has 0 atom stereocenters. The van der Waals surface area contributed by atoms with E-state index in [0.717, 1.165) is 4.90 Å². The van der Waals surface area contributed by atoms with E-state index in [1.165, 1.54) is 31.0 Å². The summed E-state index contributed by atoms with van der Waals surface area (Å²) in [6.45, 7) is 1.80. The van der Waals surface area contributed by atoms with Crippen LogP contribution in [0.1, 0.15) is 5.82 Å². The third kappa shape index (κ3) is 2.59. The molecule has 1 aromatic carbocycles. The summed E-state index contributed by atoms with van der Waals surface area (Å²) in [4.78, 5) is 15.1. The zero-order valence-corrected chi connectivity index (χ0v) is 10.5. The molecule has 0 fully saturated rings. The average Bonchev–Trinajstić information content (AvgIpc) is 2.75. The molecule has 2 aromatic rings. The number of rotatable bonds is 4. The Kier molecular flexibility index (Phi) is 3.47. The molecule has 0 aliphatic rings. The van der Waals surface area contributed by atoms with Gasteiger partial charge in [0.15, 0.2) is 0 Å². The first kappa shape index (κ1) is 12.4. The molecule has 1 heterocycles. The molecule has 0 saturated heterocycles. The highest BCUT2D eigenvalue weighted by molar-refractivity contribution is 7.99. The fraction of sp³-hybridized carbons (Fsp3) is 0.200. The molecular formula is C10H10N4O3S. The lowest BCUT2D eigenvalue weighted by Gasteiger charge is -2.05. The first-order valence-corrected chi connectivity index (χ1v) is 5.81. The minimum atomic E-state index is -0.464. The average molecular weight is 266 g/mol. The van der Waals surface area contributed by atoms with Gasteiger partial charge < -0.3 is 4.74 Å². The van der Waals surface area contributed by atoms with Crippen LogP contribution in [0.15, 0.2) is 28.3 Å². The zero-order chi connectivity index (χ0) is 13.1. The van der Waals surface area contributed by atoms with E-state index in [-0.39, 0.29) is 5.69 Å². The van der Waals surface area contributed by atoms with Crippen molar-refractivity contribution in [1.29, 1.82) is 0 Å². The van der Waals surface area contributed by atoms with Crippen molar-refractivity contribution in [3.63, 3.8) is 0 Å². The Morgan fingerprint density at radius 3 is 2.83 bits per heavy atom. The van der Waals surface area contributed by atoms with Crippen LogP contribution in [0.3, 0.4) is 0 Å². The number of H-pyrrole nitrogens is 1. The number of hydrogen-bond acceptors (Lipinski definition) is 6. The number of aromatic nitrogens is 3. The van der Waals surface area contributed by atoms with Gasteiger partial charge in [-0.1, -0.05) is 0 Å². The van der Waals surface area contributed by atoms with Crippen molar-refractivity contribution in [2.45, 2.75) is 17.0 Å². The number of nitro groups is 1. The highest BCUT2D eigenvalue weighted by Crippen LogP contribution is 2.35. The van der Waals surface area contributed by atoms with Gasteiger partial charge in [0.05, 0.1) is 23.0 Å². The number of nitrogens with one attached hydrogen (secondary N) is 1. The van der Waals surface area contributed by atoms with Crippen LogP contribution in [0.2, 0.25) is 0 Å². The number of ether oxygens (including phenoxy) is 1. The van der Waals surface area contributed by atoms with E-state index in [0.29, 0.717) is 16.7 Å². The van der Waals surface area contributed by atoms with Crippen LogP contribution in [-0.2, 0) is 0 Å². The molecule has 18 heavy (non-hydrogen) atoms. The molecule has 2 rings (SSSR count). The third-order valence-corrected chi connectivity index (χ3v) is 3.06. The fourth-order valence-corrected chi connectivity index (χ4v) is 2.17. The van der Waals surface area contributed by atoms with Crippen molar-refractivity contribution >= 4 is 17.4 Å². The van der Waals surface area contributed by atoms with E-state index in [2.05, 4.69) is 15.2 Å². The molecule has 94 valence electrons. The monoisotopic (exact) mass is 266 g/mol. The van der Waals surface area contributed by atoms with E-state index in [9.17, 15) is 10.1 Å². The Morgan fingerprint density at radius 2 is 2.28 bits per heavy atom. The maximum Gasteiger partial charge on any atom is 0.273 e. The second-order valence-corrected chi connectivity index (χ2v) is 4.41. The zero-order valence-electron chi connectivity index (χ0n) is 9.71. The minimum Gasteiger partial charge on any atom is -0.495 e. The van der Waals surface area contributed by atoms with Crippen molar-refractivity contribution in [3.05, 3.63) is 34.1 Å². The van der Waals surface area contributed by atoms with Gasteiger partial charge in [-0.05, 0) is 24.8 Å². The van der Waals surface area contributed by atoms with E-state index in [4.69, 9.17) is 4.74 Å². The normalized spacial score (nSPS) is 10.3. The van der Waals surface area contributed by atoms with E-state index < -0.39 is 4.92 Å². The topological polar surface area (TPSA) is 93.9 Å². The van der Waals surface area contributed by atoms with Crippen LogP contribution in [0.4, 0.5) is 5.69 Å². The van der Waals surface area contributed by atoms with Crippen molar-refractivity contribution in [2.24, 2.45) is 0 Å². The van der Waals surface area contributed by atoms with Gasteiger partial charge in [-0.2, -0.15) is 0 Å². The van der Waals surface area contributed by atoms with Crippen molar-refractivity contribution in [2.75, 3.05) is 7.11 Å². The predicted octanol–water partition coefficient (Wildman–Crippen LogP) is 2.18. The molecule has 1 N–H and O–H groups in total. The van der Waals surface area contributed by atoms with E-state index in [1.807, 2.05) is 0 Å². The smallest absolute Gasteiger partial charge is 0.273 e. The first-order chi connectivity index (χ1) is 8.60. The molecule has 0 aliphatic carbocycles. The van der Waals surface area contributed by atoms with E-state index >= 15 is 0 Å². The largest absolute Gasteiger partial charge is 0.495 e. The Labute approximate surface area is 107 Å². The lowest BCUT2D eigenvalue weighted by molar-refractivity contribution is -0.385. The second-order valence-electron chi connectivity index (χ2n) is 3.40. The van der Waals surface area contributed by atoms with Gasteiger partial charge in [0.25, 0.3) is 5.69 Å². The van der Waals surface area contributed by atoms with Gasteiger partial charge >= 0.3 is 0 Å². The van der Waals surface area contributed by atoms with Crippen LogP contribution >= 0.6 is 11.8 Å². The Hall–Kier alpha value is -2.09. The number of nitro benzene ring substituents is 1. The van der Waals surface area contributed by atoms with Gasteiger partial charge in [-0.25, -0.2) is 4.98 Å². The lowest BCUT2D eigenvalue weighted by Crippen LogP contribution is -1.91. The number of hydrogen-bond donors (Lipinski definition) is 1. The fourth-order valence-electron chi connectivity index (χ4n) is 1.32. The molecule has 0 spiro atoms. The highest BCUT2D eigenvalue weighted by atomic mass is 32.2. The van der Waals surface area contributed by atoms with Crippen molar-refractivity contribution in [1.82, 2.24) is 15.2 Å². The van der Waals surface area contributed by atoms with Crippen molar-refractivity contribution in [3.8, 4) is 5.75 Å². The summed E-state index contributed by atoms with van der Waals surface area (Å²) in [5.74, 6) is 1.13. The molecular weight excluding hydrogens is 256 g/mol. The number of benzene rings is 1. The number of non-ortho nitro benzene ring substituents is 1. The van der Waals surface area contributed by atoms with Crippen LogP contribution in [0.5, 0.6) is 5.75 Å². The molecule has 0 saturated carbocycles. The lowest BCUT2D eigenvalue weighted by atomic mass is 10.3. The van der Waals surface area contributed by atoms with Crippen LogP contribution in [-0.4, -0.2) is 27.2 Å². The summed E-state index contributed by atoms with van der Waals surface area (Å²) in [6, 6.07) is 4.42. The molecule has 0 bridgehead atoms. The predicted molar refractivity (Wildman–Crippen MR) is 64.9 cm³/mol. The maximum absolute atomic E-state index is 10.7. The van der Waals surface area contributed by atoms with Crippen molar-refractivity contribution < 1.29 is 9.66 Å². The number of aromatic amines is 1. The van der Waals surface area contributed by atoms with Gasteiger partial charge in [-0.15, -0.1) is 5.10 Å². The Balaban J connectivity index is 2.30. The highest BCUT2D eigenvalue weighted by Gasteiger charge is 2.13. The molecule has 8 heteroatoms. The summed E-state index contributed by atoms with van der Waals surface area (Å²) >= 11 is 1.28. The quantitative estimate of drug-likeness (QED) is 0.673. The molecule has 0 aliphatic heterocycles. The summed E-state index contributed by atoms with van der Waals surface area (Å²) < 4.78 is 5.12. The first-order valence-electron chi connectivity index (χ1n) is 4.99. The third-order valence-electron chi connectivity index (χ3n) is 2.14. The van der Waals surface area contributed by atoms with E-state index in [1.54, 1.807) is 13.0 Å². The second kappa shape index (κ2) is 5.05. The molecule has 0 radical (unpaired) electrons. The Bertz CT molecular complexity index is 584. The molecule has 1 aromatic heterocycles. The number of nitrogens with zero attached hydrogens (tertiary/aromatic N) is 3. The maximum atomic E-state index is 10.7. The van der Waals surface area contributed by atoms with Gasteiger partial charge in [-0.3, -0.25) is 15.2 Å². The summed E-state index contributed by atoms with van der Waals surface area (Å²) in [6.07, 6.45) is 0. The van der Waals surface area contributed by atoms with Gasteiger partial charge in [0, 0.05) is 6.07 Å². The SMILES string of the molecule is COc1cc([N+](=O)[O-])ccc1Sc1n[nH]c(C)n1. The minimum absolute atomic E-state index is 0.0117. The molecule has 0 unspecified atom stereocenters. The summed E-state index contributed by atoms with van der Waals surface area (Å²) in [5.41, 5.74) is -0.0117. The van der Waals surface area contributed by atoms with Crippen LogP contribution in [0, 0.1) is 17.0 Å². The summed E-state index contributed by atoms with van der Waals surface area (Å²) in [5, 5.41) is 17.9. The number of aryl methyl sites for hydroxylation is 1. The Morgan fingerprint density at radius 1 is 1.50 bits per heavy atom. The standard InChI is InChI=1S/C10H10N4O3S/c1-6-11-10(13-12-6)18-9-4-3-7(14(15)16)5-8(9)17-2/h3-5H,1-2H3,(H,11,12,13). The van der Waals surface area contributed by atoms with Gasteiger partial charge in [0.1, 0.15) is 11.6 Å². The molecule has 0 amide bonds. The van der Waals surface area contributed by atoms with Crippen LogP contribution in [0.25, 0.3) is 0 Å². The molecule has 7 nitrogen and oxygen atoms in total. The number of methoxy groups -OCH3 is 1.